The lowest BCUT2D eigenvalue weighted by Gasteiger charge is -2.35. The molecule has 4 rings (SSSR count). The Hall–Kier alpha value is -3.75. The highest BCUT2D eigenvalue weighted by Gasteiger charge is 2.31. The largest absolute Gasteiger partial charge is 0.495 e. The normalized spacial score (nSPS) is 17.0. The van der Waals surface area contributed by atoms with Crippen LogP contribution in [-0.2, 0) is 16.1 Å². The Balaban J connectivity index is 0.00000155. The number of benzene rings is 2. The summed E-state index contributed by atoms with van der Waals surface area (Å²) in [7, 11) is 3.19. The van der Waals surface area contributed by atoms with Gasteiger partial charge in [-0.1, -0.05) is 18.1 Å². The van der Waals surface area contributed by atoms with E-state index in [2.05, 4.69) is 22.5 Å². The minimum absolute atomic E-state index is 0.212. The number of ether oxygens (including phenoxy) is 2. The molecule has 2 aromatic carbocycles. The first kappa shape index (κ1) is 32.8. The molecule has 0 saturated carbocycles. The van der Waals surface area contributed by atoms with Crippen molar-refractivity contribution < 1.29 is 31.8 Å². The molecule has 2 unspecified atom stereocenters. The van der Waals surface area contributed by atoms with E-state index in [9.17, 15) is 13.2 Å². The van der Waals surface area contributed by atoms with Crippen molar-refractivity contribution in [3.8, 4) is 17.6 Å². The smallest absolute Gasteiger partial charge is 0.406 e. The van der Waals surface area contributed by atoms with Gasteiger partial charge in [0.05, 0.1) is 43.2 Å². The molecule has 7 nitrogen and oxygen atoms in total. The summed E-state index contributed by atoms with van der Waals surface area (Å²) in [5.74, 6) is 6.49. The molecule has 1 saturated heterocycles. The maximum Gasteiger partial charge on any atom is 0.406 e. The lowest BCUT2D eigenvalue weighted by atomic mass is 10.0. The summed E-state index contributed by atoms with van der Waals surface area (Å²) in [5.41, 5.74) is 3.01. The van der Waals surface area contributed by atoms with Gasteiger partial charge in [-0.25, -0.2) is 4.39 Å². The highest BCUT2D eigenvalue weighted by Crippen LogP contribution is 2.32. The maximum atomic E-state index is 15.0. The van der Waals surface area contributed by atoms with Crippen LogP contribution in [0.2, 0.25) is 0 Å². The molecule has 0 radical (unpaired) electrons. The summed E-state index contributed by atoms with van der Waals surface area (Å²) in [6, 6.07) is 12.0. The van der Waals surface area contributed by atoms with Gasteiger partial charge in [0.15, 0.2) is 0 Å². The first-order valence-electron chi connectivity index (χ1n) is 13.7. The summed E-state index contributed by atoms with van der Waals surface area (Å²) in [5, 5.41) is 6.99. The van der Waals surface area contributed by atoms with Crippen molar-refractivity contribution in [3.05, 3.63) is 53.7 Å². The Bertz CT molecular complexity index is 1380. The number of hydrogen-bond donors (Lipinski definition) is 2. The van der Waals surface area contributed by atoms with Gasteiger partial charge in [0.25, 0.3) is 0 Å². The Morgan fingerprint density at radius 2 is 1.90 bits per heavy atom. The number of aryl methyl sites for hydroxylation is 1. The minimum Gasteiger partial charge on any atom is -0.495 e. The molecule has 11 heteroatoms. The molecular formula is C31H38F4N4O3. The molecule has 3 aromatic rings. The van der Waals surface area contributed by atoms with Crippen LogP contribution in [0.3, 0.4) is 0 Å². The van der Waals surface area contributed by atoms with Gasteiger partial charge in [0.1, 0.15) is 24.8 Å². The highest BCUT2D eigenvalue weighted by atomic mass is 19.4. The predicted octanol–water partition coefficient (Wildman–Crippen LogP) is 5.66. The fourth-order valence-electron chi connectivity index (χ4n) is 4.84. The Morgan fingerprint density at radius 3 is 2.57 bits per heavy atom. The number of fused-ring (bicyclic) bond motifs is 1. The maximum absolute atomic E-state index is 15.0. The molecule has 1 fully saturated rings. The zero-order valence-electron chi connectivity index (χ0n) is 24.4. The number of hydrogen-bond acceptors (Lipinski definition) is 6. The van der Waals surface area contributed by atoms with Crippen molar-refractivity contribution in [2.45, 2.75) is 45.2 Å². The predicted molar refractivity (Wildman–Crippen MR) is 158 cm³/mol. The molecule has 2 N–H and O–H groups in total. The number of aromatic nitrogens is 1. The van der Waals surface area contributed by atoms with E-state index in [0.29, 0.717) is 48.5 Å². The van der Waals surface area contributed by atoms with Crippen LogP contribution in [-0.4, -0.2) is 81.1 Å². The van der Waals surface area contributed by atoms with Crippen LogP contribution >= 0.6 is 0 Å². The van der Waals surface area contributed by atoms with Crippen LogP contribution in [0, 0.1) is 18.8 Å². The Morgan fingerprint density at radius 1 is 1.14 bits per heavy atom. The van der Waals surface area contributed by atoms with Crippen molar-refractivity contribution in [1.82, 2.24) is 9.47 Å². The molecule has 1 aromatic heterocycles. The van der Waals surface area contributed by atoms with Gasteiger partial charge in [-0.3, -0.25) is 4.90 Å². The van der Waals surface area contributed by atoms with Crippen LogP contribution < -0.4 is 15.4 Å². The number of likely N-dealkylation sites (tertiary alicyclic amines) is 1. The Kier molecular flexibility index (Phi) is 12.1. The quantitative estimate of drug-likeness (QED) is 0.191. The number of aldehydes is 1. The van der Waals surface area contributed by atoms with E-state index in [1.54, 1.807) is 38.5 Å². The summed E-state index contributed by atoms with van der Waals surface area (Å²) < 4.78 is 67.2. The molecular weight excluding hydrogens is 552 g/mol. The van der Waals surface area contributed by atoms with E-state index >= 15 is 4.39 Å². The standard InChI is InChI=1S/C29H34F4N4O2.C2H4O/c1-20-9-10-26(28(16-20)39-3)34-12-5-6-21-17-22-24(7-4-8-27(22)37(21)19-29(31,32)33)35-25-11-13-36(14-15-38-2)18-23(25)30;1-2-3/h4,7-10,16-17,23,25,34-35H,11-15,18-19H2,1-3H3;2H,1H3. The first-order chi connectivity index (χ1) is 20.1. The molecule has 1 aliphatic heterocycles. The van der Waals surface area contributed by atoms with Crippen molar-refractivity contribution in [1.29, 1.82) is 0 Å². The van der Waals surface area contributed by atoms with Gasteiger partial charge in [-0.2, -0.15) is 13.2 Å². The molecule has 0 spiro atoms. The van der Waals surface area contributed by atoms with E-state index in [4.69, 9.17) is 14.3 Å². The third-order valence-corrected chi connectivity index (χ3v) is 6.80. The summed E-state index contributed by atoms with van der Waals surface area (Å²) in [6.07, 6.45) is -4.23. The molecule has 0 amide bonds. The van der Waals surface area contributed by atoms with Crippen molar-refractivity contribution in [2.24, 2.45) is 0 Å². The van der Waals surface area contributed by atoms with Crippen molar-refractivity contribution >= 4 is 28.6 Å². The second-order valence-corrected chi connectivity index (χ2v) is 9.91. The number of piperidine rings is 1. The van der Waals surface area contributed by atoms with E-state index in [1.807, 2.05) is 30.0 Å². The average Bonchev–Trinajstić information content (AvgIpc) is 3.28. The number of nitrogens with zero attached hydrogens (tertiary/aromatic N) is 2. The molecule has 2 atom stereocenters. The third-order valence-electron chi connectivity index (χ3n) is 6.80. The number of alkyl halides is 4. The van der Waals surface area contributed by atoms with Gasteiger partial charge in [0, 0.05) is 37.8 Å². The second-order valence-electron chi connectivity index (χ2n) is 9.91. The summed E-state index contributed by atoms with van der Waals surface area (Å²) >= 11 is 0. The molecule has 2 heterocycles. The molecule has 1 aliphatic rings. The summed E-state index contributed by atoms with van der Waals surface area (Å²) in [4.78, 5) is 10.8. The number of nitrogens with one attached hydrogen (secondary N) is 2. The van der Waals surface area contributed by atoms with Crippen LogP contribution in [0.5, 0.6) is 5.75 Å². The van der Waals surface area contributed by atoms with E-state index in [0.717, 1.165) is 17.5 Å². The topological polar surface area (TPSA) is 67.8 Å². The average molecular weight is 591 g/mol. The third kappa shape index (κ3) is 9.13. The number of rotatable bonds is 9. The number of carbonyl (C=O) groups excluding carboxylic acids is 1. The number of anilines is 2. The van der Waals surface area contributed by atoms with Gasteiger partial charge < -0.3 is 29.5 Å². The lowest BCUT2D eigenvalue weighted by molar-refractivity contribution is -0.140. The molecule has 42 heavy (non-hydrogen) atoms. The zero-order valence-corrected chi connectivity index (χ0v) is 24.4. The monoisotopic (exact) mass is 590 g/mol. The van der Waals surface area contributed by atoms with Crippen LogP contribution in [0.25, 0.3) is 10.9 Å². The van der Waals surface area contributed by atoms with Gasteiger partial charge in [-0.05, 0) is 62.1 Å². The lowest BCUT2D eigenvalue weighted by Crippen LogP contribution is -2.48. The second kappa shape index (κ2) is 15.5. The van der Waals surface area contributed by atoms with Crippen molar-refractivity contribution in [2.75, 3.05) is 57.6 Å². The van der Waals surface area contributed by atoms with Gasteiger partial charge in [0.2, 0.25) is 0 Å². The fraction of sp³-hybridized carbons (Fsp3) is 0.452. The van der Waals surface area contributed by atoms with Gasteiger partial charge in [-0.15, -0.1) is 0 Å². The van der Waals surface area contributed by atoms with Gasteiger partial charge >= 0.3 is 6.18 Å². The Labute approximate surface area is 244 Å². The number of carbonyl (C=O) groups is 1. The van der Waals surface area contributed by atoms with E-state index in [1.165, 1.54) is 11.5 Å². The molecule has 0 aliphatic carbocycles. The molecule has 228 valence electrons. The number of halogens is 4. The zero-order chi connectivity index (χ0) is 30.7. The first-order valence-corrected chi connectivity index (χ1v) is 13.7. The SMILES string of the molecule is CC=O.COCCN1CCC(Nc2cccc3c2cc(C#CCNc2ccc(C)cc2OC)n3CC(F)(F)F)C(F)C1. The minimum atomic E-state index is -4.43. The van der Waals surface area contributed by atoms with Crippen LogP contribution in [0.4, 0.5) is 28.9 Å². The van der Waals surface area contributed by atoms with Crippen LogP contribution in [0.1, 0.15) is 24.6 Å². The summed E-state index contributed by atoms with van der Waals surface area (Å²) in [6.45, 7) is 4.62. The molecule has 0 bridgehead atoms. The van der Waals surface area contributed by atoms with E-state index in [-0.39, 0.29) is 18.8 Å². The highest BCUT2D eigenvalue weighted by molar-refractivity contribution is 5.94. The van der Waals surface area contributed by atoms with Crippen LogP contribution in [0.15, 0.2) is 42.5 Å². The van der Waals surface area contributed by atoms with Crippen molar-refractivity contribution in [3.63, 3.8) is 0 Å². The fourth-order valence-corrected chi connectivity index (χ4v) is 4.84. The van der Waals surface area contributed by atoms with E-state index < -0.39 is 24.9 Å². The number of methoxy groups -OCH3 is 2.